The number of likely N-dealkylation sites (N-methyl/N-ethyl adjacent to an activating group) is 1. The number of nitrogens with zero attached hydrogens (tertiary/aromatic N) is 2. The van der Waals surface area contributed by atoms with E-state index < -0.39 is 22.6 Å². The molecule has 0 aliphatic rings. The molecule has 0 saturated carbocycles. The molecule has 0 bridgehead atoms. The number of carbonyl (C=O) groups excluding carboxylic acids is 2. The Hall–Kier alpha value is -3.60. The first kappa shape index (κ1) is 16.8. The Morgan fingerprint density at radius 3 is 2.75 bits per heavy atom. The summed E-state index contributed by atoms with van der Waals surface area (Å²) in [6.07, 6.45) is 5.28. The van der Waals surface area contributed by atoms with Gasteiger partial charge in [0.25, 0.3) is 5.91 Å². The Balaban J connectivity index is 1.98. The molecular weight excluding hydrogens is 314 g/mol. The first-order valence-corrected chi connectivity index (χ1v) is 6.77. The average molecular weight is 327 g/mol. The predicted molar refractivity (Wildman–Crippen MR) is 85.3 cm³/mol. The Labute approximate surface area is 137 Å². The summed E-state index contributed by atoms with van der Waals surface area (Å²) in [5, 5.41) is 13.2. The number of terminal acetylenes is 1. The SMILES string of the molecule is C#Cc1cccc(NC(=O)CN(C)C(=O)c2ccc([N+](=O)[O-])o2)c1. The Kier molecular flexibility index (Phi) is 4.96. The molecule has 0 aliphatic heterocycles. The summed E-state index contributed by atoms with van der Waals surface area (Å²) in [5.41, 5.74) is 1.12. The molecule has 8 heteroatoms. The van der Waals surface area contributed by atoms with Crippen LogP contribution in [0.25, 0.3) is 0 Å². The first-order valence-electron chi connectivity index (χ1n) is 6.77. The molecule has 0 saturated heterocycles. The van der Waals surface area contributed by atoms with Gasteiger partial charge in [0.1, 0.15) is 4.92 Å². The van der Waals surface area contributed by atoms with Crippen LogP contribution in [-0.4, -0.2) is 35.2 Å². The number of rotatable bonds is 5. The minimum Gasteiger partial charge on any atom is -0.395 e. The summed E-state index contributed by atoms with van der Waals surface area (Å²) in [4.78, 5) is 34.9. The zero-order chi connectivity index (χ0) is 17.7. The van der Waals surface area contributed by atoms with Gasteiger partial charge < -0.3 is 14.6 Å². The van der Waals surface area contributed by atoms with Gasteiger partial charge in [0, 0.05) is 18.3 Å². The molecule has 0 aliphatic carbocycles. The van der Waals surface area contributed by atoms with Crippen LogP contribution in [0, 0.1) is 22.5 Å². The Bertz CT molecular complexity index is 834. The van der Waals surface area contributed by atoms with E-state index in [-0.39, 0.29) is 12.3 Å². The molecule has 1 aromatic heterocycles. The normalized spacial score (nSPS) is 9.83. The van der Waals surface area contributed by atoms with Crippen LogP contribution in [0.1, 0.15) is 16.1 Å². The summed E-state index contributed by atoms with van der Waals surface area (Å²) in [7, 11) is 1.38. The molecule has 1 heterocycles. The minimum atomic E-state index is -0.748. The maximum atomic E-state index is 12.1. The number of nitro groups is 1. The van der Waals surface area contributed by atoms with Crippen molar-refractivity contribution in [2.45, 2.75) is 0 Å². The quantitative estimate of drug-likeness (QED) is 0.513. The second-order valence-corrected chi connectivity index (χ2v) is 4.83. The number of hydrogen-bond donors (Lipinski definition) is 1. The van der Waals surface area contributed by atoms with Crippen molar-refractivity contribution in [1.29, 1.82) is 0 Å². The number of benzene rings is 1. The topological polar surface area (TPSA) is 106 Å². The van der Waals surface area contributed by atoms with Gasteiger partial charge in [-0.3, -0.25) is 19.7 Å². The lowest BCUT2D eigenvalue weighted by Gasteiger charge is -2.15. The molecule has 1 N–H and O–H groups in total. The van der Waals surface area contributed by atoms with E-state index in [0.717, 1.165) is 11.0 Å². The van der Waals surface area contributed by atoms with Gasteiger partial charge >= 0.3 is 5.88 Å². The highest BCUT2D eigenvalue weighted by Crippen LogP contribution is 2.17. The van der Waals surface area contributed by atoms with E-state index in [1.807, 2.05) is 0 Å². The minimum absolute atomic E-state index is 0.216. The van der Waals surface area contributed by atoms with Crippen molar-refractivity contribution in [3.63, 3.8) is 0 Å². The average Bonchev–Trinajstić information content (AvgIpc) is 3.04. The van der Waals surface area contributed by atoms with Crippen LogP contribution in [0.4, 0.5) is 11.6 Å². The van der Waals surface area contributed by atoms with Gasteiger partial charge in [-0.1, -0.05) is 12.0 Å². The molecule has 0 fully saturated rings. The smallest absolute Gasteiger partial charge is 0.395 e. The van der Waals surface area contributed by atoms with Crippen LogP contribution in [0.15, 0.2) is 40.8 Å². The lowest BCUT2D eigenvalue weighted by molar-refractivity contribution is -0.402. The van der Waals surface area contributed by atoms with Gasteiger partial charge in [-0.05, 0) is 24.3 Å². The number of carbonyl (C=O) groups is 2. The van der Waals surface area contributed by atoms with Crippen LogP contribution in [0.3, 0.4) is 0 Å². The van der Waals surface area contributed by atoms with Crippen LogP contribution >= 0.6 is 0 Å². The predicted octanol–water partition coefficient (Wildman–Crippen LogP) is 1.88. The van der Waals surface area contributed by atoms with E-state index in [2.05, 4.69) is 11.2 Å². The highest BCUT2D eigenvalue weighted by Gasteiger charge is 2.21. The molecule has 0 unspecified atom stereocenters. The zero-order valence-electron chi connectivity index (χ0n) is 12.7. The van der Waals surface area contributed by atoms with Gasteiger partial charge in [0.15, 0.2) is 5.76 Å². The van der Waals surface area contributed by atoms with Gasteiger partial charge in [-0.2, -0.15) is 0 Å². The van der Waals surface area contributed by atoms with E-state index in [4.69, 9.17) is 10.8 Å². The van der Waals surface area contributed by atoms with Crippen LogP contribution < -0.4 is 5.32 Å². The van der Waals surface area contributed by atoms with Crippen molar-refractivity contribution in [3.8, 4) is 12.3 Å². The van der Waals surface area contributed by atoms with Gasteiger partial charge in [-0.25, -0.2) is 0 Å². The number of nitrogens with one attached hydrogen (secondary N) is 1. The van der Waals surface area contributed by atoms with Crippen molar-refractivity contribution in [2.75, 3.05) is 18.9 Å². The number of furan rings is 1. The molecule has 0 atom stereocenters. The largest absolute Gasteiger partial charge is 0.433 e. The van der Waals surface area contributed by atoms with E-state index in [1.165, 1.54) is 13.1 Å². The molecule has 0 spiro atoms. The molecule has 24 heavy (non-hydrogen) atoms. The highest BCUT2D eigenvalue weighted by molar-refractivity contribution is 5.98. The molecule has 8 nitrogen and oxygen atoms in total. The second-order valence-electron chi connectivity index (χ2n) is 4.83. The Morgan fingerprint density at radius 2 is 2.12 bits per heavy atom. The molecule has 1 aromatic carbocycles. The van der Waals surface area contributed by atoms with Gasteiger partial charge in [0.05, 0.1) is 12.6 Å². The lowest BCUT2D eigenvalue weighted by Crippen LogP contribution is -2.34. The van der Waals surface area contributed by atoms with Crippen molar-refractivity contribution < 1.29 is 18.9 Å². The third-order valence-corrected chi connectivity index (χ3v) is 3.02. The standard InChI is InChI=1S/C16H13N3O5/c1-3-11-5-4-6-12(9-11)17-14(20)10-18(2)16(21)13-7-8-15(24-13)19(22)23/h1,4-9H,10H2,2H3,(H,17,20). The molecule has 122 valence electrons. The maximum absolute atomic E-state index is 12.1. The summed E-state index contributed by atoms with van der Waals surface area (Å²) in [6, 6.07) is 8.96. The molecule has 2 rings (SSSR count). The fourth-order valence-corrected chi connectivity index (χ4v) is 1.90. The first-order chi connectivity index (χ1) is 11.4. The summed E-state index contributed by atoms with van der Waals surface area (Å²) >= 11 is 0. The van der Waals surface area contributed by atoms with Crippen molar-refractivity contribution in [3.05, 3.63) is 57.8 Å². The van der Waals surface area contributed by atoms with Gasteiger partial charge in [0.2, 0.25) is 5.91 Å². The number of hydrogen-bond acceptors (Lipinski definition) is 5. The molecular formula is C16H13N3O5. The zero-order valence-corrected chi connectivity index (χ0v) is 12.7. The van der Waals surface area contributed by atoms with Crippen LogP contribution in [-0.2, 0) is 4.79 Å². The highest BCUT2D eigenvalue weighted by atomic mass is 16.6. The third kappa shape index (κ3) is 3.98. The Morgan fingerprint density at radius 1 is 1.38 bits per heavy atom. The summed E-state index contributed by atoms with van der Waals surface area (Å²) in [6.45, 7) is -0.256. The third-order valence-electron chi connectivity index (χ3n) is 3.02. The number of anilines is 1. The van der Waals surface area contributed by atoms with Crippen molar-refractivity contribution >= 4 is 23.4 Å². The van der Waals surface area contributed by atoms with E-state index in [1.54, 1.807) is 24.3 Å². The van der Waals surface area contributed by atoms with Crippen molar-refractivity contribution in [2.24, 2.45) is 0 Å². The summed E-state index contributed by atoms with van der Waals surface area (Å²) < 4.78 is 4.81. The van der Waals surface area contributed by atoms with E-state index >= 15 is 0 Å². The van der Waals surface area contributed by atoms with Crippen LogP contribution in [0.5, 0.6) is 0 Å². The van der Waals surface area contributed by atoms with E-state index in [9.17, 15) is 19.7 Å². The monoisotopic (exact) mass is 327 g/mol. The fourth-order valence-electron chi connectivity index (χ4n) is 1.90. The van der Waals surface area contributed by atoms with Crippen LogP contribution in [0.2, 0.25) is 0 Å². The molecule has 2 amide bonds. The molecule has 0 radical (unpaired) electrons. The second kappa shape index (κ2) is 7.11. The van der Waals surface area contributed by atoms with Gasteiger partial charge in [-0.15, -0.1) is 6.42 Å². The lowest BCUT2D eigenvalue weighted by atomic mass is 10.2. The molecule has 2 aromatic rings. The fraction of sp³-hybridized carbons (Fsp3) is 0.125. The number of amides is 2. The van der Waals surface area contributed by atoms with E-state index in [0.29, 0.717) is 11.3 Å². The summed E-state index contributed by atoms with van der Waals surface area (Å²) in [5.74, 6) is 0.607. The van der Waals surface area contributed by atoms with Crippen molar-refractivity contribution in [1.82, 2.24) is 4.90 Å². The maximum Gasteiger partial charge on any atom is 0.433 e.